The maximum atomic E-state index is 13.5. The van der Waals surface area contributed by atoms with E-state index in [2.05, 4.69) is 10.3 Å². The highest BCUT2D eigenvalue weighted by Gasteiger charge is 2.15. The van der Waals surface area contributed by atoms with Crippen LogP contribution in [0.15, 0.2) is 29.6 Å². The van der Waals surface area contributed by atoms with Crippen LogP contribution in [0.5, 0.6) is 0 Å². The molecule has 0 bridgehead atoms. The number of carbonyl (C=O) groups excluding carboxylic acids is 1. The van der Waals surface area contributed by atoms with Crippen LogP contribution in [0.1, 0.15) is 27.2 Å². The van der Waals surface area contributed by atoms with Gasteiger partial charge in [-0.3, -0.25) is 4.79 Å². The molecule has 1 amide bonds. The summed E-state index contributed by atoms with van der Waals surface area (Å²) in [6, 6.07) is 5.90. The molecule has 5 nitrogen and oxygen atoms in total. The summed E-state index contributed by atoms with van der Waals surface area (Å²) in [4.78, 5) is 16.0. The van der Waals surface area contributed by atoms with Gasteiger partial charge < -0.3 is 15.2 Å². The van der Waals surface area contributed by atoms with E-state index in [1.807, 2.05) is 0 Å². The van der Waals surface area contributed by atoms with Crippen LogP contribution < -0.4 is 5.32 Å². The molecule has 1 atom stereocenters. The smallest absolute Gasteiger partial charge is 0.270 e. The molecular formula is C14H15FN2O3S. The van der Waals surface area contributed by atoms with Gasteiger partial charge in [0.15, 0.2) is 0 Å². The van der Waals surface area contributed by atoms with Crippen molar-refractivity contribution in [2.24, 2.45) is 0 Å². The first-order valence-corrected chi connectivity index (χ1v) is 7.13. The van der Waals surface area contributed by atoms with Crippen LogP contribution in [0.25, 0.3) is 0 Å². The number of hydrogen-bond acceptors (Lipinski definition) is 5. The molecule has 0 fully saturated rings. The molecule has 7 heteroatoms. The van der Waals surface area contributed by atoms with Crippen molar-refractivity contribution in [1.82, 2.24) is 10.3 Å². The molecule has 2 rings (SSSR count). The van der Waals surface area contributed by atoms with Crippen molar-refractivity contribution < 1.29 is 19.0 Å². The van der Waals surface area contributed by atoms with Crippen LogP contribution in [-0.2, 0) is 11.3 Å². The maximum absolute atomic E-state index is 13.5. The van der Waals surface area contributed by atoms with Crippen molar-refractivity contribution >= 4 is 17.2 Å². The number of aromatic nitrogens is 1. The predicted octanol–water partition coefficient (Wildman–Crippen LogP) is 1.89. The molecule has 112 valence electrons. The lowest BCUT2D eigenvalue weighted by atomic mass is 10.1. The second-order valence-corrected chi connectivity index (χ2v) is 5.25. The molecule has 0 aliphatic carbocycles. The number of thiazole rings is 1. The molecular weight excluding hydrogens is 295 g/mol. The van der Waals surface area contributed by atoms with Gasteiger partial charge in [-0.15, -0.1) is 11.3 Å². The number of hydrogen-bond donors (Lipinski definition) is 2. The van der Waals surface area contributed by atoms with Crippen molar-refractivity contribution in [2.75, 3.05) is 13.7 Å². The molecule has 1 unspecified atom stereocenters. The summed E-state index contributed by atoms with van der Waals surface area (Å²) in [7, 11) is 1.55. The summed E-state index contributed by atoms with van der Waals surface area (Å²) in [5.41, 5.74) is 0.406. The van der Waals surface area contributed by atoms with E-state index in [0.717, 1.165) is 0 Å². The number of halogens is 1. The minimum atomic E-state index is -1.10. The largest absolute Gasteiger partial charge is 0.386 e. The quantitative estimate of drug-likeness (QED) is 0.855. The number of aliphatic hydroxyl groups is 1. The van der Waals surface area contributed by atoms with Crippen LogP contribution in [0.4, 0.5) is 4.39 Å². The minimum Gasteiger partial charge on any atom is -0.386 e. The fraction of sp³-hybridized carbons (Fsp3) is 0.286. The lowest BCUT2D eigenvalue weighted by molar-refractivity contribution is 0.0909. The van der Waals surface area contributed by atoms with Gasteiger partial charge in [-0.1, -0.05) is 18.2 Å². The first-order chi connectivity index (χ1) is 10.1. The topological polar surface area (TPSA) is 71.5 Å². The standard InChI is InChI=1S/C14H15FN2O3S/c1-20-7-13-17-11(8-21-13)14(19)16-6-12(18)9-4-2-3-5-10(9)15/h2-5,8,12,18H,6-7H2,1H3,(H,16,19). The van der Waals surface area contributed by atoms with Crippen LogP contribution >= 0.6 is 11.3 Å². The average Bonchev–Trinajstić information content (AvgIpc) is 2.94. The van der Waals surface area contributed by atoms with Crippen molar-refractivity contribution in [1.29, 1.82) is 0 Å². The molecule has 0 aliphatic heterocycles. The molecule has 21 heavy (non-hydrogen) atoms. The Morgan fingerprint density at radius 1 is 1.52 bits per heavy atom. The van der Waals surface area contributed by atoms with Crippen molar-refractivity contribution in [3.05, 3.63) is 51.7 Å². The van der Waals surface area contributed by atoms with Crippen LogP contribution in [0.3, 0.4) is 0 Å². The number of ether oxygens (including phenoxy) is 1. The first-order valence-electron chi connectivity index (χ1n) is 6.26. The summed E-state index contributed by atoms with van der Waals surface area (Å²) < 4.78 is 18.4. The number of methoxy groups -OCH3 is 1. The van der Waals surface area contributed by atoms with Gasteiger partial charge in [0.25, 0.3) is 5.91 Å². The van der Waals surface area contributed by atoms with Crippen molar-refractivity contribution in [3.8, 4) is 0 Å². The summed E-state index contributed by atoms with van der Waals surface area (Å²) in [5, 5.41) is 14.7. The van der Waals surface area contributed by atoms with Gasteiger partial charge >= 0.3 is 0 Å². The molecule has 0 radical (unpaired) electrons. The van der Waals surface area contributed by atoms with E-state index in [4.69, 9.17) is 4.74 Å². The van der Waals surface area contributed by atoms with E-state index in [1.54, 1.807) is 18.6 Å². The van der Waals surface area contributed by atoms with E-state index < -0.39 is 17.8 Å². The lowest BCUT2D eigenvalue weighted by Gasteiger charge is -2.12. The molecule has 0 saturated heterocycles. The molecule has 1 aromatic carbocycles. The minimum absolute atomic E-state index is 0.0864. The Labute approximate surface area is 125 Å². The Kier molecular flexibility index (Phi) is 5.38. The molecule has 0 aliphatic rings. The number of nitrogens with one attached hydrogen (secondary N) is 1. The van der Waals surface area contributed by atoms with Crippen LogP contribution in [0, 0.1) is 5.82 Å². The zero-order valence-electron chi connectivity index (χ0n) is 11.4. The maximum Gasteiger partial charge on any atom is 0.270 e. The number of rotatable bonds is 6. The molecule has 1 aromatic heterocycles. The average molecular weight is 310 g/mol. The van der Waals surface area contributed by atoms with Gasteiger partial charge in [0, 0.05) is 24.6 Å². The molecule has 2 N–H and O–H groups in total. The third-order valence-corrected chi connectivity index (χ3v) is 3.59. The van der Waals surface area contributed by atoms with Crippen LogP contribution in [0.2, 0.25) is 0 Å². The second-order valence-electron chi connectivity index (χ2n) is 4.31. The number of aliphatic hydroxyl groups excluding tert-OH is 1. The van der Waals surface area contributed by atoms with Gasteiger partial charge in [0.2, 0.25) is 0 Å². The van der Waals surface area contributed by atoms with Crippen molar-refractivity contribution in [3.63, 3.8) is 0 Å². The highest BCUT2D eigenvalue weighted by molar-refractivity contribution is 7.09. The van der Waals surface area contributed by atoms with Crippen molar-refractivity contribution in [2.45, 2.75) is 12.7 Å². The molecule has 0 saturated carbocycles. The number of benzene rings is 1. The lowest BCUT2D eigenvalue weighted by Crippen LogP contribution is -2.29. The van der Waals surface area contributed by atoms with E-state index >= 15 is 0 Å². The normalized spacial score (nSPS) is 12.1. The second kappa shape index (κ2) is 7.26. The Bertz CT molecular complexity index is 618. The first kappa shape index (κ1) is 15.6. The molecule has 1 heterocycles. The predicted molar refractivity (Wildman–Crippen MR) is 76.5 cm³/mol. The fourth-order valence-corrected chi connectivity index (χ4v) is 2.48. The molecule has 0 spiro atoms. The summed E-state index contributed by atoms with van der Waals surface area (Å²) in [5.74, 6) is -0.917. The summed E-state index contributed by atoms with van der Waals surface area (Å²) in [6.45, 7) is 0.257. The number of carbonyl (C=O) groups is 1. The monoisotopic (exact) mass is 310 g/mol. The number of nitrogens with zero attached hydrogens (tertiary/aromatic N) is 1. The van der Waals surface area contributed by atoms with Gasteiger partial charge in [0.05, 0.1) is 12.7 Å². The zero-order valence-corrected chi connectivity index (χ0v) is 12.2. The van der Waals surface area contributed by atoms with Crippen LogP contribution in [-0.4, -0.2) is 29.7 Å². The summed E-state index contributed by atoms with van der Waals surface area (Å²) in [6.07, 6.45) is -1.10. The van der Waals surface area contributed by atoms with Gasteiger partial charge in [-0.2, -0.15) is 0 Å². The molecule has 2 aromatic rings. The van der Waals surface area contributed by atoms with E-state index in [9.17, 15) is 14.3 Å². The Morgan fingerprint density at radius 3 is 3.00 bits per heavy atom. The SMILES string of the molecule is COCc1nc(C(=O)NCC(O)c2ccccc2F)cs1. The van der Waals surface area contributed by atoms with E-state index in [1.165, 1.54) is 29.5 Å². The Hall–Kier alpha value is -1.83. The Morgan fingerprint density at radius 2 is 2.29 bits per heavy atom. The zero-order chi connectivity index (χ0) is 15.2. The third-order valence-electron chi connectivity index (χ3n) is 2.77. The summed E-state index contributed by atoms with van der Waals surface area (Å²) >= 11 is 1.32. The van der Waals surface area contributed by atoms with Gasteiger partial charge in [-0.25, -0.2) is 9.37 Å². The third kappa shape index (κ3) is 4.07. The van der Waals surface area contributed by atoms with Gasteiger partial charge in [-0.05, 0) is 6.07 Å². The van der Waals surface area contributed by atoms with Gasteiger partial charge in [0.1, 0.15) is 16.5 Å². The van der Waals surface area contributed by atoms with E-state index in [-0.39, 0.29) is 17.8 Å². The number of amides is 1. The highest BCUT2D eigenvalue weighted by Crippen LogP contribution is 2.16. The van der Waals surface area contributed by atoms with E-state index in [0.29, 0.717) is 11.6 Å². The fourth-order valence-electron chi connectivity index (χ4n) is 1.74. The highest BCUT2D eigenvalue weighted by atomic mass is 32.1. The Balaban J connectivity index is 1.92.